The van der Waals surface area contributed by atoms with Crippen molar-refractivity contribution < 1.29 is 9.13 Å². The molecule has 0 unspecified atom stereocenters. The van der Waals surface area contributed by atoms with Crippen LogP contribution in [0.5, 0.6) is 5.75 Å². The first-order valence-corrected chi connectivity index (χ1v) is 6.25. The summed E-state index contributed by atoms with van der Waals surface area (Å²) in [5.41, 5.74) is 8.29. The topological polar surface area (TPSA) is 52.5 Å². The summed E-state index contributed by atoms with van der Waals surface area (Å²) < 4.78 is 20.9. The largest absolute Gasteiger partial charge is 0.496 e. The number of aromatic nitrogens is 2. The van der Waals surface area contributed by atoms with E-state index in [-0.39, 0.29) is 18.0 Å². The van der Waals surface area contributed by atoms with Gasteiger partial charge < -0.3 is 10.5 Å². The number of nitrogens with two attached hydrogens (primary N) is 1. The number of methoxy groups -OCH3 is 1. The molecule has 0 bridgehead atoms. The van der Waals surface area contributed by atoms with Crippen molar-refractivity contribution in [2.75, 3.05) is 7.11 Å². The Morgan fingerprint density at radius 1 is 1.25 bits per heavy atom. The summed E-state index contributed by atoms with van der Waals surface area (Å²) in [6.45, 7) is 0.262. The Balaban J connectivity index is 2.33. The van der Waals surface area contributed by atoms with E-state index in [9.17, 15) is 4.39 Å². The van der Waals surface area contributed by atoms with Crippen molar-refractivity contribution in [2.45, 2.75) is 6.54 Å². The fraction of sp³-hybridized carbons (Fsp3) is 0.133. The van der Waals surface area contributed by atoms with Crippen LogP contribution in [0.15, 0.2) is 42.6 Å². The van der Waals surface area contributed by atoms with Crippen LogP contribution in [0, 0.1) is 5.82 Å². The minimum Gasteiger partial charge on any atom is -0.496 e. The zero-order chi connectivity index (χ0) is 14.1. The standard InChI is InChI=1S/C15H14FN3O/c1-20-13-7-3-2-5-10(13)14-12(9-17)19-8-4-6-11(16)15(19)18-14/h2-8H,9,17H2,1H3. The van der Waals surface area contributed by atoms with Gasteiger partial charge >= 0.3 is 0 Å². The number of nitrogens with zero attached hydrogens (tertiary/aromatic N) is 2. The van der Waals surface area contributed by atoms with Gasteiger partial charge in [-0.1, -0.05) is 12.1 Å². The number of imidazole rings is 1. The van der Waals surface area contributed by atoms with Crippen LogP contribution in [-0.4, -0.2) is 16.5 Å². The van der Waals surface area contributed by atoms with E-state index in [2.05, 4.69) is 4.98 Å². The van der Waals surface area contributed by atoms with Crippen molar-refractivity contribution in [3.63, 3.8) is 0 Å². The van der Waals surface area contributed by atoms with Gasteiger partial charge in [-0.25, -0.2) is 9.37 Å². The summed E-state index contributed by atoms with van der Waals surface area (Å²) in [5.74, 6) is 0.314. The van der Waals surface area contributed by atoms with E-state index < -0.39 is 0 Å². The first-order valence-electron chi connectivity index (χ1n) is 6.25. The number of fused-ring (bicyclic) bond motifs is 1. The molecule has 3 aromatic rings. The first-order chi connectivity index (χ1) is 9.76. The number of benzene rings is 1. The van der Waals surface area contributed by atoms with Crippen molar-refractivity contribution >= 4 is 5.65 Å². The van der Waals surface area contributed by atoms with Gasteiger partial charge in [-0.05, 0) is 24.3 Å². The Morgan fingerprint density at radius 2 is 2.05 bits per heavy atom. The van der Waals surface area contributed by atoms with E-state index in [0.717, 1.165) is 11.3 Å². The third-order valence-electron chi connectivity index (χ3n) is 3.26. The molecule has 1 aromatic carbocycles. The lowest BCUT2D eigenvalue weighted by Crippen LogP contribution is -2.03. The first kappa shape index (κ1) is 12.6. The number of pyridine rings is 1. The molecule has 0 amide bonds. The Bertz CT molecular complexity index is 767. The normalized spacial score (nSPS) is 10.9. The molecule has 2 aromatic heterocycles. The maximum Gasteiger partial charge on any atom is 0.174 e. The van der Waals surface area contributed by atoms with Crippen LogP contribution in [0.3, 0.4) is 0 Å². The van der Waals surface area contributed by atoms with Crippen LogP contribution >= 0.6 is 0 Å². The van der Waals surface area contributed by atoms with Crippen LogP contribution in [0.25, 0.3) is 16.9 Å². The van der Waals surface area contributed by atoms with Gasteiger partial charge in [-0.15, -0.1) is 0 Å². The highest BCUT2D eigenvalue weighted by Crippen LogP contribution is 2.32. The predicted octanol–water partition coefficient (Wildman–Crippen LogP) is 2.61. The number of hydrogen-bond acceptors (Lipinski definition) is 3. The quantitative estimate of drug-likeness (QED) is 0.796. The fourth-order valence-corrected chi connectivity index (χ4v) is 2.33. The Labute approximate surface area is 115 Å². The molecule has 0 saturated carbocycles. The van der Waals surface area contributed by atoms with Crippen molar-refractivity contribution in [1.82, 2.24) is 9.38 Å². The number of hydrogen-bond donors (Lipinski definition) is 1. The van der Waals surface area contributed by atoms with Gasteiger partial charge in [0.25, 0.3) is 0 Å². The van der Waals surface area contributed by atoms with Crippen molar-refractivity contribution in [3.05, 3.63) is 54.1 Å². The molecule has 0 atom stereocenters. The monoisotopic (exact) mass is 271 g/mol. The van der Waals surface area contributed by atoms with Crippen molar-refractivity contribution in [2.24, 2.45) is 5.73 Å². The SMILES string of the molecule is COc1ccccc1-c1nc2c(F)cccn2c1CN. The highest BCUT2D eigenvalue weighted by Gasteiger charge is 2.17. The maximum atomic E-state index is 13.9. The molecule has 0 fully saturated rings. The minimum atomic E-state index is -0.372. The fourth-order valence-electron chi connectivity index (χ4n) is 2.33. The van der Waals surface area contributed by atoms with Gasteiger partial charge in [0.15, 0.2) is 11.5 Å². The molecule has 0 aliphatic carbocycles. The van der Waals surface area contributed by atoms with Crippen molar-refractivity contribution in [3.8, 4) is 17.0 Å². The third-order valence-corrected chi connectivity index (χ3v) is 3.26. The summed E-state index contributed by atoms with van der Waals surface area (Å²) in [6, 6.07) is 10.5. The van der Waals surface area contributed by atoms with Crippen LogP contribution < -0.4 is 10.5 Å². The molecule has 0 saturated heterocycles. The maximum absolute atomic E-state index is 13.9. The molecular weight excluding hydrogens is 257 g/mol. The molecule has 0 aliphatic rings. The molecule has 5 heteroatoms. The molecule has 2 heterocycles. The summed E-state index contributed by atoms with van der Waals surface area (Å²) in [5, 5.41) is 0. The second kappa shape index (κ2) is 4.94. The lowest BCUT2D eigenvalue weighted by atomic mass is 10.1. The Morgan fingerprint density at radius 3 is 2.80 bits per heavy atom. The van der Waals surface area contributed by atoms with E-state index in [1.807, 2.05) is 24.3 Å². The van der Waals surface area contributed by atoms with E-state index in [1.54, 1.807) is 23.8 Å². The number of rotatable bonds is 3. The van der Waals surface area contributed by atoms with E-state index >= 15 is 0 Å². The molecule has 0 radical (unpaired) electrons. The number of ether oxygens (including phenoxy) is 1. The Hall–Kier alpha value is -2.40. The van der Waals surface area contributed by atoms with Gasteiger partial charge in [0.2, 0.25) is 0 Å². The third kappa shape index (κ3) is 1.83. The molecule has 0 aliphatic heterocycles. The Kier molecular flexibility index (Phi) is 3.12. The second-order valence-electron chi connectivity index (χ2n) is 4.36. The van der Waals surface area contributed by atoms with E-state index in [4.69, 9.17) is 10.5 Å². The zero-order valence-electron chi connectivity index (χ0n) is 11.0. The van der Waals surface area contributed by atoms with E-state index in [1.165, 1.54) is 6.07 Å². The lowest BCUT2D eigenvalue weighted by Gasteiger charge is -2.07. The molecule has 102 valence electrons. The summed E-state index contributed by atoms with van der Waals surface area (Å²) in [6.07, 6.45) is 1.76. The molecule has 4 nitrogen and oxygen atoms in total. The predicted molar refractivity (Wildman–Crippen MR) is 75.0 cm³/mol. The zero-order valence-corrected chi connectivity index (χ0v) is 11.0. The molecule has 2 N–H and O–H groups in total. The van der Waals surface area contributed by atoms with E-state index in [0.29, 0.717) is 11.4 Å². The molecule has 3 rings (SSSR count). The van der Waals surface area contributed by atoms with Gasteiger partial charge in [-0.3, -0.25) is 4.40 Å². The van der Waals surface area contributed by atoms with Gasteiger partial charge in [0, 0.05) is 18.3 Å². The summed E-state index contributed by atoms with van der Waals surface area (Å²) >= 11 is 0. The number of para-hydroxylation sites is 1. The highest BCUT2D eigenvalue weighted by molar-refractivity contribution is 5.72. The molecular formula is C15H14FN3O. The van der Waals surface area contributed by atoms with Gasteiger partial charge in [-0.2, -0.15) is 0 Å². The highest BCUT2D eigenvalue weighted by atomic mass is 19.1. The summed E-state index contributed by atoms with van der Waals surface area (Å²) in [4.78, 5) is 4.39. The average molecular weight is 271 g/mol. The second-order valence-corrected chi connectivity index (χ2v) is 4.36. The van der Waals surface area contributed by atoms with Crippen LogP contribution in [-0.2, 0) is 6.54 Å². The minimum absolute atomic E-state index is 0.262. The lowest BCUT2D eigenvalue weighted by molar-refractivity contribution is 0.416. The summed E-state index contributed by atoms with van der Waals surface area (Å²) in [7, 11) is 1.59. The molecule has 20 heavy (non-hydrogen) atoms. The number of halogens is 1. The average Bonchev–Trinajstić information content (AvgIpc) is 2.87. The van der Waals surface area contributed by atoms with Gasteiger partial charge in [0.05, 0.1) is 18.5 Å². The van der Waals surface area contributed by atoms with Crippen LogP contribution in [0.2, 0.25) is 0 Å². The van der Waals surface area contributed by atoms with Gasteiger partial charge in [0.1, 0.15) is 5.75 Å². The molecule has 0 spiro atoms. The van der Waals surface area contributed by atoms with Crippen molar-refractivity contribution in [1.29, 1.82) is 0 Å². The van der Waals surface area contributed by atoms with Crippen LogP contribution in [0.4, 0.5) is 4.39 Å². The van der Waals surface area contributed by atoms with Crippen LogP contribution in [0.1, 0.15) is 5.69 Å². The smallest absolute Gasteiger partial charge is 0.174 e.